The fourth-order valence-corrected chi connectivity index (χ4v) is 3.44. The first-order valence-corrected chi connectivity index (χ1v) is 8.07. The summed E-state index contributed by atoms with van der Waals surface area (Å²) >= 11 is 8.41. The van der Waals surface area contributed by atoms with Crippen molar-refractivity contribution in [2.45, 2.75) is 31.6 Å². The Balaban J connectivity index is 2.35. The summed E-state index contributed by atoms with van der Waals surface area (Å²) in [7, 11) is 3.29. The van der Waals surface area contributed by atoms with Crippen LogP contribution in [0.15, 0.2) is 30.3 Å². The third kappa shape index (κ3) is 3.72. The van der Waals surface area contributed by atoms with Crippen LogP contribution in [0.2, 0.25) is 0 Å². The molecule has 1 aromatic heterocycles. The second-order valence-electron chi connectivity index (χ2n) is 5.96. The summed E-state index contributed by atoms with van der Waals surface area (Å²) in [5, 5.41) is -0.199. The number of halogens is 1. The highest BCUT2D eigenvalue weighted by Gasteiger charge is 2.20. The van der Waals surface area contributed by atoms with E-state index in [0.717, 1.165) is 21.9 Å². The van der Waals surface area contributed by atoms with E-state index in [2.05, 4.69) is 32.9 Å². The van der Waals surface area contributed by atoms with Gasteiger partial charge in [0.05, 0.1) is 19.6 Å². The van der Waals surface area contributed by atoms with Gasteiger partial charge in [0.2, 0.25) is 0 Å². The molecule has 0 saturated carbocycles. The quantitative estimate of drug-likeness (QED) is 0.702. The van der Waals surface area contributed by atoms with E-state index in [-0.39, 0.29) is 10.8 Å². The van der Waals surface area contributed by atoms with Gasteiger partial charge < -0.3 is 9.47 Å². The highest BCUT2D eigenvalue weighted by atomic mass is 35.5. The first kappa shape index (κ1) is 16.2. The normalized spacial score (nSPS) is 13.0. The second kappa shape index (κ2) is 6.29. The van der Waals surface area contributed by atoms with Crippen molar-refractivity contribution in [1.29, 1.82) is 0 Å². The van der Waals surface area contributed by atoms with Crippen LogP contribution in [-0.2, 0) is 5.41 Å². The Labute approximate surface area is 135 Å². The van der Waals surface area contributed by atoms with Gasteiger partial charge in [0.1, 0.15) is 11.5 Å². The zero-order valence-corrected chi connectivity index (χ0v) is 14.6. The molecule has 4 heteroatoms. The van der Waals surface area contributed by atoms with Crippen LogP contribution in [0.1, 0.15) is 41.5 Å². The van der Waals surface area contributed by atoms with Crippen molar-refractivity contribution in [1.82, 2.24) is 0 Å². The third-order valence-electron chi connectivity index (χ3n) is 3.28. The summed E-state index contributed by atoms with van der Waals surface area (Å²) in [6.07, 6.45) is 0. The van der Waals surface area contributed by atoms with Crippen molar-refractivity contribution >= 4 is 22.9 Å². The van der Waals surface area contributed by atoms with Crippen LogP contribution >= 0.6 is 22.9 Å². The number of thiophene rings is 1. The van der Waals surface area contributed by atoms with Crippen LogP contribution in [0.3, 0.4) is 0 Å². The molecule has 1 heterocycles. The van der Waals surface area contributed by atoms with E-state index in [0.29, 0.717) is 0 Å². The molecule has 0 aliphatic rings. The van der Waals surface area contributed by atoms with Gasteiger partial charge in [0.25, 0.3) is 0 Å². The predicted octanol–water partition coefficient (Wildman–Crippen LogP) is 5.39. The van der Waals surface area contributed by atoms with Crippen molar-refractivity contribution in [3.63, 3.8) is 0 Å². The fourth-order valence-electron chi connectivity index (χ4n) is 2.03. The van der Waals surface area contributed by atoms with Gasteiger partial charge in [0.15, 0.2) is 0 Å². The van der Waals surface area contributed by atoms with Gasteiger partial charge in [-0.15, -0.1) is 22.9 Å². The molecule has 1 aromatic carbocycles. The average Bonchev–Trinajstić information content (AvgIpc) is 2.95. The van der Waals surface area contributed by atoms with Crippen LogP contribution < -0.4 is 9.47 Å². The predicted molar refractivity (Wildman–Crippen MR) is 90.3 cm³/mol. The number of alkyl halides is 1. The van der Waals surface area contributed by atoms with E-state index in [9.17, 15) is 0 Å². The van der Waals surface area contributed by atoms with Crippen LogP contribution in [0.5, 0.6) is 11.5 Å². The topological polar surface area (TPSA) is 18.5 Å². The molecule has 0 N–H and O–H groups in total. The maximum Gasteiger partial charge on any atom is 0.122 e. The van der Waals surface area contributed by atoms with Crippen LogP contribution in [0.25, 0.3) is 0 Å². The molecule has 1 atom stereocenters. The van der Waals surface area contributed by atoms with E-state index in [1.165, 1.54) is 4.88 Å². The molecule has 114 valence electrons. The molecule has 0 aliphatic carbocycles. The monoisotopic (exact) mass is 324 g/mol. The van der Waals surface area contributed by atoms with E-state index >= 15 is 0 Å². The minimum absolute atomic E-state index is 0.144. The van der Waals surface area contributed by atoms with Gasteiger partial charge in [0, 0.05) is 15.8 Å². The minimum atomic E-state index is -0.199. The molecule has 0 aliphatic heterocycles. The Bertz CT molecular complexity index is 591. The average molecular weight is 325 g/mol. The number of hydrogen-bond donors (Lipinski definition) is 0. The van der Waals surface area contributed by atoms with Crippen molar-refractivity contribution in [3.05, 3.63) is 45.6 Å². The Morgan fingerprint density at radius 3 is 2.00 bits per heavy atom. The van der Waals surface area contributed by atoms with Gasteiger partial charge in [-0.3, -0.25) is 0 Å². The van der Waals surface area contributed by atoms with Crippen LogP contribution in [0.4, 0.5) is 0 Å². The van der Waals surface area contributed by atoms with Crippen molar-refractivity contribution in [3.8, 4) is 11.5 Å². The molecule has 0 radical (unpaired) electrons. The molecule has 0 amide bonds. The molecule has 2 rings (SSSR count). The highest BCUT2D eigenvalue weighted by molar-refractivity contribution is 7.12. The Morgan fingerprint density at radius 2 is 1.57 bits per heavy atom. The molecule has 2 aromatic rings. The summed E-state index contributed by atoms with van der Waals surface area (Å²) in [4.78, 5) is 2.47. The Kier molecular flexibility index (Phi) is 4.84. The minimum Gasteiger partial charge on any atom is -0.497 e. The van der Waals surface area contributed by atoms with E-state index < -0.39 is 0 Å². The lowest BCUT2D eigenvalue weighted by Crippen LogP contribution is -2.07. The number of benzene rings is 1. The first-order chi connectivity index (χ1) is 9.85. The summed E-state index contributed by atoms with van der Waals surface area (Å²) in [6, 6.07) is 10.0. The Hall–Kier alpha value is -1.19. The SMILES string of the molecule is COc1cc(OC)cc(C(Cl)c2ccc(C(C)(C)C)s2)c1. The smallest absolute Gasteiger partial charge is 0.122 e. The summed E-state index contributed by atoms with van der Waals surface area (Å²) in [5.74, 6) is 1.50. The number of hydrogen-bond acceptors (Lipinski definition) is 3. The molecule has 0 saturated heterocycles. The van der Waals surface area contributed by atoms with Gasteiger partial charge in [-0.05, 0) is 35.2 Å². The zero-order chi connectivity index (χ0) is 15.6. The van der Waals surface area contributed by atoms with Crippen LogP contribution in [-0.4, -0.2) is 14.2 Å². The first-order valence-electron chi connectivity index (χ1n) is 6.82. The lowest BCUT2D eigenvalue weighted by Gasteiger charge is -2.16. The van der Waals surface area contributed by atoms with Crippen molar-refractivity contribution in [2.75, 3.05) is 14.2 Å². The maximum absolute atomic E-state index is 6.65. The Morgan fingerprint density at radius 1 is 1.00 bits per heavy atom. The van der Waals surface area contributed by atoms with Crippen molar-refractivity contribution < 1.29 is 9.47 Å². The molecule has 2 nitrogen and oxygen atoms in total. The molecule has 21 heavy (non-hydrogen) atoms. The van der Waals surface area contributed by atoms with Gasteiger partial charge in [-0.25, -0.2) is 0 Å². The summed E-state index contributed by atoms with van der Waals surface area (Å²) in [6.45, 7) is 6.63. The number of methoxy groups -OCH3 is 2. The van der Waals surface area contributed by atoms with E-state index in [1.54, 1.807) is 25.6 Å². The molecule has 0 spiro atoms. The molecule has 0 bridgehead atoms. The maximum atomic E-state index is 6.65. The molecule has 0 fully saturated rings. The standard InChI is InChI=1S/C17H21ClO2S/c1-17(2,3)15-7-6-14(21-15)16(18)11-8-12(19-4)10-13(9-11)20-5/h6-10,16H,1-5H3. The second-order valence-corrected chi connectivity index (χ2v) is 7.51. The lowest BCUT2D eigenvalue weighted by atomic mass is 9.95. The summed E-state index contributed by atoms with van der Waals surface area (Å²) < 4.78 is 10.6. The number of rotatable bonds is 4. The van der Waals surface area contributed by atoms with Crippen LogP contribution in [0, 0.1) is 0 Å². The molecular weight excluding hydrogens is 304 g/mol. The molecular formula is C17H21ClO2S. The number of ether oxygens (including phenoxy) is 2. The van der Waals surface area contributed by atoms with E-state index in [1.807, 2.05) is 18.2 Å². The molecule has 1 unspecified atom stereocenters. The highest BCUT2D eigenvalue weighted by Crippen LogP contribution is 2.39. The largest absolute Gasteiger partial charge is 0.497 e. The summed E-state index contributed by atoms with van der Waals surface area (Å²) in [5.41, 5.74) is 1.13. The van der Waals surface area contributed by atoms with E-state index in [4.69, 9.17) is 21.1 Å². The van der Waals surface area contributed by atoms with Gasteiger partial charge in [-0.1, -0.05) is 20.8 Å². The zero-order valence-electron chi connectivity index (χ0n) is 13.1. The third-order valence-corrected chi connectivity index (χ3v) is 5.47. The van der Waals surface area contributed by atoms with Gasteiger partial charge in [-0.2, -0.15) is 0 Å². The fraction of sp³-hybridized carbons (Fsp3) is 0.412. The lowest BCUT2D eigenvalue weighted by molar-refractivity contribution is 0.393. The van der Waals surface area contributed by atoms with Gasteiger partial charge >= 0.3 is 0 Å². The van der Waals surface area contributed by atoms with Crippen molar-refractivity contribution in [2.24, 2.45) is 0 Å².